The highest BCUT2D eigenvalue weighted by molar-refractivity contribution is 7.98. The van der Waals surface area contributed by atoms with Crippen LogP contribution < -0.4 is 10.6 Å². The van der Waals surface area contributed by atoms with E-state index in [1.165, 1.54) is 11.1 Å². The first kappa shape index (κ1) is 25.1. The van der Waals surface area contributed by atoms with E-state index in [1.54, 1.807) is 23.9 Å². The zero-order valence-electron chi connectivity index (χ0n) is 19.4. The third kappa shape index (κ3) is 6.36. The Morgan fingerprint density at radius 1 is 1.03 bits per heavy atom. The lowest BCUT2D eigenvalue weighted by Gasteiger charge is -2.13. The summed E-state index contributed by atoms with van der Waals surface area (Å²) in [5.41, 5.74) is 5.00. The fourth-order valence-electron chi connectivity index (χ4n) is 3.53. The highest BCUT2D eigenvalue weighted by Crippen LogP contribution is 2.31. The number of benzene rings is 3. The molecule has 0 atom stereocenters. The molecular formula is C26H25Cl2N5OS. The lowest BCUT2D eigenvalue weighted by molar-refractivity contribution is 0.251. The summed E-state index contributed by atoms with van der Waals surface area (Å²) in [5.74, 6) is 1.27. The van der Waals surface area contributed by atoms with Crippen LogP contribution in [0.4, 0.5) is 10.5 Å². The van der Waals surface area contributed by atoms with Crippen LogP contribution in [0.25, 0.3) is 5.69 Å². The van der Waals surface area contributed by atoms with Crippen molar-refractivity contribution in [2.24, 2.45) is 0 Å². The van der Waals surface area contributed by atoms with Crippen LogP contribution in [0.15, 0.2) is 71.9 Å². The summed E-state index contributed by atoms with van der Waals surface area (Å²) in [6.45, 7) is 4.32. The summed E-state index contributed by atoms with van der Waals surface area (Å²) in [7, 11) is 0. The number of anilines is 1. The van der Waals surface area contributed by atoms with Gasteiger partial charge in [0.05, 0.1) is 17.3 Å². The van der Waals surface area contributed by atoms with Gasteiger partial charge in [-0.05, 0) is 60.4 Å². The molecule has 2 N–H and O–H groups in total. The minimum Gasteiger partial charge on any atom is -0.331 e. The van der Waals surface area contributed by atoms with E-state index in [-0.39, 0.29) is 12.6 Å². The molecule has 0 radical (unpaired) electrons. The van der Waals surface area contributed by atoms with E-state index in [4.69, 9.17) is 23.2 Å². The van der Waals surface area contributed by atoms with Gasteiger partial charge in [-0.1, -0.05) is 78.3 Å². The van der Waals surface area contributed by atoms with Gasteiger partial charge in [-0.25, -0.2) is 4.79 Å². The first-order valence-electron chi connectivity index (χ1n) is 11.2. The zero-order valence-corrected chi connectivity index (χ0v) is 21.7. The van der Waals surface area contributed by atoms with Crippen LogP contribution in [0.2, 0.25) is 10.0 Å². The molecule has 0 aliphatic carbocycles. The summed E-state index contributed by atoms with van der Waals surface area (Å²) in [6.07, 6.45) is 0.894. The fourth-order valence-corrected chi connectivity index (χ4v) is 5.06. The number of hydrogen-bond acceptors (Lipinski definition) is 4. The summed E-state index contributed by atoms with van der Waals surface area (Å²) in [6, 6.07) is 20.9. The normalized spacial score (nSPS) is 10.9. The van der Waals surface area contributed by atoms with Gasteiger partial charge in [0.1, 0.15) is 0 Å². The van der Waals surface area contributed by atoms with E-state index in [2.05, 4.69) is 46.8 Å². The van der Waals surface area contributed by atoms with E-state index in [1.807, 2.05) is 47.0 Å². The van der Waals surface area contributed by atoms with E-state index < -0.39 is 0 Å². The number of aryl methyl sites for hydroxylation is 2. The fraction of sp³-hybridized carbons (Fsp3) is 0.192. The molecule has 0 spiro atoms. The predicted molar refractivity (Wildman–Crippen MR) is 144 cm³/mol. The Balaban J connectivity index is 1.55. The molecule has 0 bridgehead atoms. The molecule has 9 heteroatoms. The number of rotatable bonds is 8. The van der Waals surface area contributed by atoms with Crippen molar-refractivity contribution in [1.82, 2.24) is 20.1 Å². The molecule has 6 nitrogen and oxygen atoms in total. The van der Waals surface area contributed by atoms with Crippen LogP contribution in [-0.4, -0.2) is 20.8 Å². The number of nitrogens with zero attached hydrogens (tertiary/aromatic N) is 3. The third-order valence-corrected chi connectivity index (χ3v) is 6.98. The molecule has 2 amide bonds. The van der Waals surface area contributed by atoms with Gasteiger partial charge in [-0.2, -0.15) is 0 Å². The second-order valence-electron chi connectivity index (χ2n) is 7.91. The zero-order chi connectivity index (χ0) is 24.8. The number of carbonyl (C=O) groups excluding carboxylic acids is 1. The Morgan fingerprint density at radius 2 is 1.86 bits per heavy atom. The van der Waals surface area contributed by atoms with Crippen LogP contribution in [0.3, 0.4) is 0 Å². The predicted octanol–water partition coefficient (Wildman–Crippen LogP) is 7.06. The molecule has 0 aliphatic rings. The van der Waals surface area contributed by atoms with E-state index in [0.29, 0.717) is 26.7 Å². The maximum atomic E-state index is 12.6. The average molecular weight is 526 g/mol. The number of urea groups is 1. The second kappa shape index (κ2) is 11.6. The van der Waals surface area contributed by atoms with Crippen molar-refractivity contribution < 1.29 is 4.79 Å². The van der Waals surface area contributed by atoms with Crippen molar-refractivity contribution in [2.45, 2.75) is 37.7 Å². The van der Waals surface area contributed by atoms with Gasteiger partial charge in [0.15, 0.2) is 11.0 Å². The number of nitrogens with one attached hydrogen (secondary N) is 2. The van der Waals surface area contributed by atoms with Gasteiger partial charge >= 0.3 is 6.03 Å². The van der Waals surface area contributed by atoms with Crippen molar-refractivity contribution in [1.29, 1.82) is 0 Å². The summed E-state index contributed by atoms with van der Waals surface area (Å²) >= 11 is 14.2. The summed E-state index contributed by atoms with van der Waals surface area (Å²) in [4.78, 5) is 12.6. The Labute approximate surface area is 219 Å². The molecule has 1 heterocycles. The second-order valence-corrected chi connectivity index (χ2v) is 9.69. The van der Waals surface area contributed by atoms with Crippen LogP contribution in [-0.2, 0) is 18.7 Å². The van der Waals surface area contributed by atoms with E-state index in [9.17, 15) is 4.79 Å². The SMILES string of the molecule is CCc1cccc(NC(=O)NCc2nnc(SCc3ccccc3C)n2-c2ccc(Cl)cc2Cl)c1. The van der Waals surface area contributed by atoms with Crippen LogP contribution in [0, 0.1) is 6.92 Å². The lowest BCUT2D eigenvalue weighted by Crippen LogP contribution is -2.29. The average Bonchev–Trinajstić information content (AvgIpc) is 3.25. The lowest BCUT2D eigenvalue weighted by atomic mass is 10.1. The van der Waals surface area contributed by atoms with Crippen molar-refractivity contribution in [2.75, 3.05) is 5.32 Å². The number of halogens is 2. The largest absolute Gasteiger partial charge is 0.331 e. The number of hydrogen-bond donors (Lipinski definition) is 2. The Hall–Kier alpha value is -3.00. The first-order chi connectivity index (χ1) is 16.9. The van der Waals surface area contributed by atoms with Crippen molar-refractivity contribution in [3.05, 3.63) is 99.3 Å². The van der Waals surface area contributed by atoms with Gasteiger partial charge in [0.2, 0.25) is 0 Å². The molecule has 0 aliphatic heterocycles. The Morgan fingerprint density at radius 3 is 2.63 bits per heavy atom. The highest BCUT2D eigenvalue weighted by Gasteiger charge is 2.18. The Bertz CT molecular complexity index is 1340. The van der Waals surface area contributed by atoms with E-state index in [0.717, 1.165) is 23.4 Å². The van der Waals surface area contributed by atoms with Gasteiger partial charge < -0.3 is 10.6 Å². The molecule has 0 saturated carbocycles. The molecule has 0 unspecified atom stereocenters. The van der Waals surface area contributed by atoms with Crippen LogP contribution in [0.5, 0.6) is 0 Å². The highest BCUT2D eigenvalue weighted by atomic mass is 35.5. The monoisotopic (exact) mass is 525 g/mol. The third-order valence-electron chi connectivity index (χ3n) is 5.47. The molecule has 0 saturated heterocycles. The molecule has 4 aromatic rings. The minimum absolute atomic E-state index is 0.163. The van der Waals surface area contributed by atoms with Gasteiger partial charge in [-0.15, -0.1) is 10.2 Å². The van der Waals surface area contributed by atoms with E-state index >= 15 is 0 Å². The van der Waals surface area contributed by atoms with Crippen LogP contribution >= 0.6 is 35.0 Å². The summed E-state index contributed by atoms with van der Waals surface area (Å²) < 4.78 is 1.86. The van der Waals surface area contributed by atoms with Gasteiger partial charge in [0, 0.05) is 16.5 Å². The molecule has 180 valence electrons. The minimum atomic E-state index is -0.330. The van der Waals surface area contributed by atoms with Crippen molar-refractivity contribution in [3.63, 3.8) is 0 Å². The topological polar surface area (TPSA) is 71.8 Å². The Kier molecular flexibility index (Phi) is 8.33. The quantitative estimate of drug-likeness (QED) is 0.241. The maximum absolute atomic E-state index is 12.6. The number of aromatic nitrogens is 3. The molecule has 3 aromatic carbocycles. The molecule has 0 fully saturated rings. The van der Waals surface area contributed by atoms with Crippen molar-refractivity contribution in [3.8, 4) is 5.69 Å². The smallest absolute Gasteiger partial charge is 0.319 e. The number of carbonyl (C=O) groups is 1. The van der Waals surface area contributed by atoms with Gasteiger partial charge in [0.25, 0.3) is 0 Å². The maximum Gasteiger partial charge on any atom is 0.319 e. The van der Waals surface area contributed by atoms with Gasteiger partial charge in [-0.3, -0.25) is 4.57 Å². The first-order valence-corrected chi connectivity index (χ1v) is 12.9. The number of amides is 2. The summed E-state index contributed by atoms with van der Waals surface area (Å²) in [5, 5.41) is 16.2. The molecule has 35 heavy (non-hydrogen) atoms. The van der Waals surface area contributed by atoms with Crippen LogP contribution in [0.1, 0.15) is 29.4 Å². The molecular weight excluding hydrogens is 501 g/mol. The molecule has 4 rings (SSSR count). The number of thioether (sulfide) groups is 1. The molecule has 1 aromatic heterocycles. The standard InChI is InChI=1S/C26H25Cl2N5OS/c1-3-18-8-6-10-21(13-18)30-25(34)29-15-24-31-32-26(35-16-19-9-5-4-7-17(19)2)33(24)23-12-11-20(27)14-22(23)28/h4-14H,3,15-16H2,1-2H3,(H2,29,30,34). The van der Waals surface area contributed by atoms with Crippen molar-refractivity contribution >= 4 is 46.7 Å².